The lowest BCUT2D eigenvalue weighted by molar-refractivity contribution is -0.113. The average molecular weight is 409 g/mol. The van der Waals surface area contributed by atoms with Gasteiger partial charge in [-0.15, -0.1) is 23.1 Å². The number of nitrogens with zero attached hydrogens (tertiary/aromatic N) is 1. The van der Waals surface area contributed by atoms with E-state index in [-0.39, 0.29) is 5.91 Å². The van der Waals surface area contributed by atoms with Crippen molar-refractivity contribution in [2.75, 3.05) is 11.1 Å². The highest BCUT2D eigenvalue weighted by molar-refractivity contribution is 8.00. The summed E-state index contributed by atoms with van der Waals surface area (Å²) in [5.41, 5.74) is 1.12. The van der Waals surface area contributed by atoms with Crippen molar-refractivity contribution in [3.8, 4) is 0 Å². The molecule has 0 bridgehead atoms. The van der Waals surface area contributed by atoms with Gasteiger partial charge in [-0.2, -0.15) is 0 Å². The standard InChI is InChI=1S/C18H14Cl2N2OS2/c19-13-4-6-15(7-5-13)24-11-17(23)22-18-21-10-16(25-18)9-12-2-1-3-14(20)8-12/h1-8,10H,9,11H2,(H,21,22,23). The van der Waals surface area contributed by atoms with E-state index in [1.165, 1.54) is 23.1 Å². The second-order valence-electron chi connectivity index (χ2n) is 5.23. The van der Waals surface area contributed by atoms with Crippen LogP contribution in [-0.2, 0) is 11.2 Å². The lowest BCUT2D eigenvalue weighted by atomic mass is 10.1. The number of hydrogen-bond donors (Lipinski definition) is 1. The first kappa shape index (κ1) is 18.3. The van der Waals surface area contributed by atoms with Crippen molar-refractivity contribution in [2.24, 2.45) is 0 Å². The Bertz CT molecular complexity index is 866. The van der Waals surface area contributed by atoms with Crippen LogP contribution in [0.2, 0.25) is 10.0 Å². The molecule has 0 saturated heterocycles. The SMILES string of the molecule is O=C(CSc1ccc(Cl)cc1)Nc1ncc(Cc2cccc(Cl)c2)s1. The third-order valence-corrected chi connectivity index (χ3v) is 5.66. The molecule has 1 amide bonds. The summed E-state index contributed by atoms with van der Waals surface area (Å²) in [4.78, 5) is 18.4. The molecular formula is C18H14Cl2N2OS2. The molecule has 3 aromatic rings. The molecule has 0 spiro atoms. The Kier molecular flexibility index (Phi) is 6.37. The van der Waals surface area contributed by atoms with E-state index in [2.05, 4.69) is 10.3 Å². The van der Waals surface area contributed by atoms with E-state index in [1.54, 1.807) is 6.20 Å². The van der Waals surface area contributed by atoms with Crippen LogP contribution < -0.4 is 5.32 Å². The van der Waals surface area contributed by atoms with E-state index in [9.17, 15) is 4.79 Å². The van der Waals surface area contributed by atoms with Gasteiger partial charge >= 0.3 is 0 Å². The van der Waals surface area contributed by atoms with Crippen molar-refractivity contribution in [2.45, 2.75) is 11.3 Å². The number of nitrogens with one attached hydrogen (secondary N) is 1. The van der Waals surface area contributed by atoms with Gasteiger partial charge in [0.2, 0.25) is 5.91 Å². The molecule has 1 heterocycles. The smallest absolute Gasteiger partial charge is 0.236 e. The molecule has 2 aromatic carbocycles. The molecule has 0 radical (unpaired) electrons. The molecule has 0 aliphatic carbocycles. The van der Waals surface area contributed by atoms with Crippen LogP contribution in [0, 0.1) is 0 Å². The van der Waals surface area contributed by atoms with Crippen molar-refractivity contribution < 1.29 is 4.79 Å². The van der Waals surface area contributed by atoms with Gasteiger partial charge < -0.3 is 5.32 Å². The monoisotopic (exact) mass is 408 g/mol. The number of carbonyl (C=O) groups is 1. The zero-order valence-electron chi connectivity index (χ0n) is 13.0. The molecule has 7 heteroatoms. The molecule has 1 aromatic heterocycles. The van der Waals surface area contributed by atoms with Crippen LogP contribution in [-0.4, -0.2) is 16.6 Å². The number of hydrogen-bond acceptors (Lipinski definition) is 4. The normalized spacial score (nSPS) is 10.6. The molecule has 3 nitrogen and oxygen atoms in total. The van der Waals surface area contributed by atoms with Gasteiger partial charge in [0.15, 0.2) is 5.13 Å². The number of rotatable bonds is 6. The van der Waals surface area contributed by atoms with Crippen LogP contribution >= 0.6 is 46.3 Å². The predicted molar refractivity (Wildman–Crippen MR) is 107 cm³/mol. The van der Waals surface area contributed by atoms with Crippen LogP contribution in [0.1, 0.15) is 10.4 Å². The van der Waals surface area contributed by atoms with Crippen molar-refractivity contribution in [3.05, 3.63) is 75.2 Å². The van der Waals surface area contributed by atoms with Gasteiger partial charge in [-0.3, -0.25) is 4.79 Å². The first-order chi connectivity index (χ1) is 12.1. The molecule has 0 saturated carbocycles. The van der Waals surface area contributed by atoms with E-state index < -0.39 is 0 Å². The summed E-state index contributed by atoms with van der Waals surface area (Å²) in [6, 6.07) is 15.1. The molecule has 0 aliphatic heterocycles. The summed E-state index contributed by atoms with van der Waals surface area (Å²) in [7, 11) is 0. The van der Waals surface area contributed by atoms with Gasteiger partial charge in [-0.1, -0.05) is 35.3 Å². The maximum Gasteiger partial charge on any atom is 0.236 e. The third-order valence-electron chi connectivity index (χ3n) is 3.25. The van der Waals surface area contributed by atoms with E-state index in [1.807, 2.05) is 48.5 Å². The fourth-order valence-electron chi connectivity index (χ4n) is 2.13. The molecular weight excluding hydrogens is 395 g/mol. The average Bonchev–Trinajstić information content (AvgIpc) is 3.01. The molecule has 25 heavy (non-hydrogen) atoms. The number of amides is 1. The minimum absolute atomic E-state index is 0.0800. The number of thioether (sulfide) groups is 1. The Morgan fingerprint density at radius 1 is 1.12 bits per heavy atom. The maximum atomic E-state index is 12.1. The fraction of sp³-hybridized carbons (Fsp3) is 0.111. The Balaban J connectivity index is 1.52. The summed E-state index contributed by atoms with van der Waals surface area (Å²) >= 11 is 14.8. The van der Waals surface area contributed by atoms with E-state index >= 15 is 0 Å². The number of anilines is 1. The Hall–Kier alpha value is -1.53. The van der Waals surface area contributed by atoms with Crippen molar-refractivity contribution in [1.29, 1.82) is 0 Å². The van der Waals surface area contributed by atoms with Gasteiger partial charge in [0.05, 0.1) is 5.75 Å². The minimum Gasteiger partial charge on any atom is -0.301 e. The molecule has 0 unspecified atom stereocenters. The van der Waals surface area contributed by atoms with Crippen LogP contribution in [0.25, 0.3) is 0 Å². The predicted octanol–water partition coefficient (Wildman–Crippen LogP) is 5.77. The summed E-state index contributed by atoms with van der Waals surface area (Å²) in [5.74, 6) is 0.244. The summed E-state index contributed by atoms with van der Waals surface area (Å²) in [6.45, 7) is 0. The molecule has 0 fully saturated rings. The summed E-state index contributed by atoms with van der Waals surface area (Å²) < 4.78 is 0. The Morgan fingerprint density at radius 3 is 2.68 bits per heavy atom. The number of thiazole rings is 1. The van der Waals surface area contributed by atoms with E-state index in [0.29, 0.717) is 15.9 Å². The van der Waals surface area contributed by atoms with Gasteiger partial charge in [-0.25, -0.2) is 4.98 Å². The maximum absolute atomic E-state index is 12.1. The first-order valence-corrected chi connectivity index (χ1v) is 10.0. The van der Waals surface area contributed by atoms with Crippen LogP contribution in [0.3, 0.4) is 0 Å². The number of halogens is 2. The van der Waals surface area contributed by atoms with E-state index in [0.717, 1.165) is 26.8 Å². The van der Waals surface area contributed by atoms with Gasteiger partial charge in [0.1, 0.15) is 0 Å². The zero-order valence-corrected chi connectivity index (χ0v) is 16.2. The van der Waals surface area contributed by atoms with Gasteiger partial charge in [0.25, 0.3) is 0 Å². The van der Waals surface area contributed by atoms with Gasteiger partial charge in [0, 0.05) is 32.4 Å². The molecule has 3 rings (SSSR count). The minimum atomic E-state index is -0.0800. The molecule has 0 atom stereocenters. The Morgan fingerprint density at radius 2 is 1.92 bits per heavy atom. The van der Waals surface area contributed by atoms with Gasteiger partial charge in [-0.05, 0) is 42.0 Å². The summed E-state index contributed by atoms with van der Waals surface area (Å²) in [6.07, 6.45) is 2.53. The third kappa shape index (κ3) is 5.75. The lowest BCUT2D eigenvalue weighted by Gasteiger charge is -2.02. The second kappa shape index (κ2) is 8.72. The summed E-state index contributed by atoms with van der Waals surface area (Å²) in [5, 5.41) is 4.85. The number of aromatic nitrogens is 1. The van der Waals surface area contributed by atoms with Crippen molar-refractivity contribution in [3.63, 3.8) is 0 Å². The van der Waals surface area contributed by atoms with E-state index in [4.69, 9.17) is 23.2 Å². The molecule has 0 aliphatic rings. The molecule has 128 valence electrons. The van der Waals surface area contributed by atoms with Crippen LogP contribution in [0.4, 0.5) is 5.13 Å². The highest BCUT2D eigenvalue weighted by atomic mass is 35.5. The largest absolute Gasteiger partial charge is 0.301 e. The second-order valence-corrected chi connectivity index (χ2v) is 8.27. The fourth-order valence-corrected chi connectivity index (χ4v) is 4.03. The quantitative estimate of drug-likeness (QED) is 0.526. The first-order valence-electron chi connectivity index (χ1n) is 7.46. The van der Waals surface area contributed by atoms with Crippen LogP contribution in [0.15, 0.2) is 59.6 Å². The van der Waals surface area contributed by atoms with Crippen LogP contribution in [0.5, 0.6) is 0 Å². The van der Waals surface area contributed by atoms with Crippen molar-refractivity contribution in [1.82, 2.24) is 4.98 Å². The topological polar surface area (TPSA) is 42.0 Å². The molecule has 1 N–H and O–H groups in total. The highest BCUT2D eigenvalue weighted by Gasteiger charge is 2.08. The zero-order chi connectivity index (χ0) is 17.6. The Labute approximate surface area is 164 Å². The lowest BCUT2D eigenvalue weighted by Crippen LogP contribution is -2.13. The number of carbonyl (C=O) groups excluding carboxylic acids is 1. The highest BCUT2D eigenvalue weighted by Crippen LogP contribution is 2.24. The van der Waals surface area contributed by atoms with Crippen molar-refractivity contribution >= 4 is 57.3 Å². The number of benzene rings is 2.